The zero-order chi connectivity index (χ0) is 21.2. The van der Waals surface area contributed by atoms with Gasteiger partial charge in [-0.1, -0.05) is 30.3 Å². The summed E-state index contributed by atoms with van der Waals surface area (Å²) in [5.74, 6) is 1.78. The smallest absolute Gasteiger partial charge is 0.258 e. The van der Waals surface area contributed by atoms with Crippen LogP contribution in [0.5, 0.6) is 0 Å². The SMILES string of the molecule is NC1C(=O)N(CC23CC4CC(CC(C4)C2)C3)c2ccccc2N(c2ccccc2)C1=O. The molecule has 5 heteroatoms. The summed E-state index contributed by atoms with van der Waals surface area (Å²) in [6.07, 6.45) is 7.71. The van der Waals surface area contributed by atoms with Gasteiger partial charge in [-0.3, -0.25) is 14.5 Å². The van der Waals surface area contributed by atoms with E-state index in [-0.39, 0.29) is 17.2 Å². The number of fused-ring (bicyclic) bond motifs is 1. The number of rotatable bonds is 3. The maximum atomic E-state index is 13.6. The van der Waals surface area contributed by atoms with Gasteiger partial charge in [-0.25, -0.2) is 0 Å². The van der Waals surface area contributed by atoms with E-state index in [0.717, 1.165) is 34.8 Å². The van der Waals surface area contributed by atoms with E-state index in [1.54, 1.807) is 4.90 Å². The second kappa shape index (κ2) is 6.92. The van der Waals surface area contributed by atoms with Crippen LogP contribution in [0.4, 0.5) is 17.1 Å². The number of carbonyl (C=O) groups excluding carboxylic acids is 2. The summed E-state index contributed by atoms with van der Waals surface area (Å²) in [5.41, 5.74) is 8.75. The Morgan fingerprint density at radius 2 is 1.32 bits per heavy atom. The summed E-state index contributed by atoms with van der Waals surface area (Å²) in [7, 11) is 0. The van der Waals surface area contributed by atoms with Crippen LogP contribution in [0.1, 0.15) is 38.5 Å². The molecule has 2 amide bonds. The van der Waals surface area contributed by atoms with Crippen LogP contribution in [0.15, 0.2) is 54.6 Å². The van der Waals surface area contributed by atoms with Crippen LogP contribution >= 0.6 is 0 Å². The lowest BCUT2D eigenvalue weighted by Gasteiger charge is -2.57. The molecule has 0 radical (unpaired) electrons. The molecule has 0 spiro atoms. The molecule has 2 aromatic rings. The van der Waals surface area contributed by atoms with E-state index >= 15 is 0 Å². The number of hydrogen-bond acceptors (Lipinski definition) is 3. The molecule has 5 aliphatic rings. The van der Waals surface area contributed by atoms with Gasteiger partial charge in [0.2, 0.25) is 0 Å². The normalized spacial score (nSPS) is 34.1. The highest BCUT2D eigenvalue weighted by Gasteiger charge is 2.52. The molecule has 160 valence electrons. The van der Waals surface area contributed by atoms with E-state index in [1.165, 1.54) is 38.5 Å². The van der Waals surface area contributed by atoms with Crippen molar-refractivity contribution in [1.82, 2.24) is 0 Å². The van der Waals surface area contributed by atoms with Crippen molar-refractivity contribution in [2.45, 2.75) is 44.6 Å². The number of para-hydroxylation sites is 3. The monoisotopic (exact) mass is 415 g/mol. The third-order valence-corrected chi connectivity index (χ3v) is 8.10. The Morgan fingerprint density at radius 3 is 1.94 bits per heavy atom. The van der Waals surface area contributed by atoms with Crippen LogP contribution < -0.4 is 15.5 Å². The van der Waals surface area contributed by atoms with Crippen LogP contribution in [-0.2, 0) is 9.59 Å². The van der Waals surface area contributed by atoms with E-state index in [2.05, 4.69) is 0 Å². The number of nitrogens with zero attached hydrogens (tertiary/aromatic N) is 2. The minimum absolute atomic E-state index is 0.169. The summed E-state index contributed by atoms with van der Waals surface area (Å²) < 4.78 is 0. The summed E-state index contributed by atoms with van der Waals surface area (Å²) in [5, 5.41) is 0. The lowest BCUT2D eigenvalue weighted by molar-refractivity contribution is -0.128. The minimum atomic E-state index is -1.19. The summed E-state index contributed by atoms with van der Waals surface area (Å²) in [4.78, 5) is 30.4. The van der Waals surface area contributed by atoms with Crippen LogP contribution in [0.3, 0.4) is 0 Å². The molecule has 5 nitrogen and oxygen atoms in total. The minimum Gasteiger partial charge on any atom is -0.312 e. The molecular weight excluding hydrogens is 386 g/mol. The predicted octanol–water partition coefficient (Wildman–Crippen LogP) is 4.24. The van der Waals surface area contributed by atoms with E-state index in [4.69, 9.17) is 5.73 Å². The standard InChI is InChI=1S/C26H29N3O2/c27-23-24(30)28(16-26-13-17-10-18(14-26)12-19(11-17)15-26)21-8-4-5-9-22(21)29(25(23)31)20-6-2-1-3-7-20/h1-9,17-19,23H,10-16,27H2. The van der Waals surface area contributed by atoms with Crippen molar-refractivity contribution in [3.63, 3.8) is 0 Å². The van der Waals surface area contributed by atoms with Crippen molar-refractivity contribution >= 4 is 28.9 Å². The number of nitrogens with two attached hydrogens (primary N) is 1. The molecule has 2 aromatic carbocycles. The fraction of sp³-hybridized carbons (Fsp3) is 0.462. The van der Waals surface area contributed by atoms with Crippen molar-refractivity contribution < 1.29 is 9.59 Å². The van der Waals surface area contributed by atoms with Crippen molar-refractivity contribution in [3.8, 4) is 0 Å². The maximum Gasteiger partial charge on any atom is 0.258 e. The molecule has 1 atom stereocenters. The Labute approximate surface area is 183 Å². The molecule has 0 saturated heterocycles. The van der Waals surface area contributed by atoms with Gasteiger partial charge in [0.15, 0.2) is 6.04 Å². The molecule has 1 aliphatic heterocycles. The third kappa shape index (κ3) is 3.01. The second-order valence-corrected chi connectivity index (χ2v) is 10.3. The van der Waals surface area contributed by atoms with Gasteiger partial charge in [0.05, 0.1) is 11.4 Å². The van der Waals surface area contributed by atoms with Crippen molar-refractivity contribution in [1.29, 1.82) is 0 Å². The van der Waals surface area contributed by atoms with Crippen LogP contribution in [0.2, 0.25) is 0 Å². The molecular formula is C26H29N3O2. The zero-order valence-corrected chi connectivity index (χ0v) is 17.7. The molecule has 1 heterocycles. The molecule has 31 heavy (non-hydrogen) atoms. The van der Waals surface area contributed by atoms with Crippen LogP contribution in [-0.4, -0.2) is 24.4 Å². The number of amides is 2. The molecule has 7 rings (SSSR count). The fourth-order valence-corrected chi connectivity index (χ4v) is 7.36. The first-order valence-electron chi connectivity index (χ1n) is 11.6. The van der Waals surface area contributed by atoms with Crippen molar-refractivity contribution in [2.75, 3.05) is 16.3 Å². The van der Waals surface area contributed by atoms with Crippen molar-refractivity contribution in [3.05, 3.63) is 54.6 Å². The number of anilines is 3. The number of hydrogen-bond donors (Lipinski definition) is 1. The predicted molar refractivity (Wildman–Crippen MR) is 121 cm³/mol. The highest BCUT2D eigenvalue weighted by molar-refractivity contribution is 6.22. The first-order chi connectivity index (χ1) is 15.0. The Balaban J connectivity index is 1.43. The molecule has 4 saturated carbocycles. The van der Waals surface area contributed by atoms with Gasteiger partial charge in [0, 0.05) is 12.2 Å². The first kappa shape index (κ1) is 19.1. The van der Waals surface area contributed by atoms with Crippen LogP contribution in [0, 0.1) is 23.2 Å². The largest absolute Gasteiger partial charge is 0.312 e. The highest BCUT2D eigenvalue weighted by Crippen LogP contribution is 2.60. The molecule has 2 N–H and O–H groups in total. The molecule has 4 bridgehead atoms. The second-order valence-electron chi connectivity index (χ2n) is 10.3. The van der Waals surface area contributed by atoms with Gasteiger partial charge < -0.3 is 10.6 Å². The summed E-state index contributed by atoms with van der Waals surface area (Å²) >= 11 is 0. The molecule has 1 unspecified atom stereocenters. The zero-order valence-electron chi connectivity index (χ0n) is 17.7. The number of benzene rings is 2. The Hall–Kier alpha value is -2.66. The van der Waals surface area contributed by atoms with E-state index < -0.39 is 6.04 Å². The van der Waals surface area contributed by atoms with E-state index in [0.29, 0.717) is 6.54 Å². The average molecular weight is 416 g/mol. The Morgan fingerprint density at radius 1 is 0.774 bits per heavy atom. The average Bonchev–Trinajstić information content (AvgIpc) is 2.83. The van der Waals surface area contributed by atoms with E-state index in [9.17, 15) is 9.59 Å². The van der Waals surface area contributed by atoms with E-state index in [1.807, 2.05) is 59.5 Å². The molecule has 0 aromatic heterocycles. The Kier molecular flexibility index (Phi) is 4.26. The summed E-state index contributed by atoms with van der Waals surface area (Å²) in [6, 6.07) is 16.1. The van der Waals surface area contributed by atoms with Gasteiger partial charge in [0.1, 0.15) is 0 Å². The topological polar surface area (TPSA) is 66.6 Å². The van der Waals surface area contributed by atoms with Crippen molar-refractivity contribution in [2.24, 2.45) is 28.9 Å². The highest BCUT2D eigenvalue weighted by atomic mass is 16.2. The quantitative estimate of drug-likeness (QED) is 0.763. The number of carbonyl (C=O) groups is 2. The fourth-order valence-electron chi connectivity index (χ4n) is 7.36. The van der Waals surface area contributed by atoms with Gasteiger partial charge in [-0.15, -0.1) is 0 Å². The lowest BCUT2D eigenvalue weighted by atomic mass is 9.49. The van der Waals surface area contributed by atoms with Gasteiger partial charge in [-0.05, 0) is 86.0 Å². The molecule has 4 aliphatic carbocycles. The lowest BCUT2D eigenvalue weighted by Crippen LogP contribution is -2.56. The summed E-state index contributed by atoms with van der Waals surface area (Å²) in [6.45, 7) is 0.677. The van der Waals surface area contributed by atoms with Gasteiger partial charge in [0.25, 0.3) is 11.8 Å². The third-order valence-electron chi connectivity index (χ3n) is 8.10. The maximum absolute atomic E-state index is 13.6. The molecule has 4 fully saturated rings. The van der Waals surface area contributed by atoms with Gasteiger partial charge in [-0.2, -0.15) is 0 Å². The van der Waals surface area contributed by atoms with Crippen LogP contribution in [0.25, 0.3) is 0 Å². The Bertz CT molecular complexity index is 999. The first-order valence-corrected chi connectivity index (χ1v) is 11.6. The van der Waals surface area contributed by atoms with Gasteiger partial charge >= 0.3 is 0 Å².